The molecule has 1 aromatic carbocycles. The van der Waals surface area contributed by atoms with Crippen molar-refractivity contribution in [1.82, 2.24) is 14.9 Å². The zero-order chi connectivity index (χ0) is 17.4. The molecule has 1 aromatic heterocycles. The zero-order valence-corrected chi connectivity index (χ0v) is 15.1. The lowest BCUT2D eigenvalue weighted by Crippen LogP contribution is -2.44. The minimum absolute atomic E-state index is 0.536. The maximum atomic E-state index is 10.9. The molecule has 4 rings (SSSR count). The lowest BCUT2D eigenvalue weighted by Gasteiger charge is -2.34. The molecule has 132 valence electrons. The van der Waals surface area contributed by atoms with Crippen molar-refractivity contribution in [3.05, 3.63) is 52.6 Å². The van der Waals surface area contributed by atoms with Gasteiger partial charge in [0.2, 0.25) is 0 Å². The van der Waals surface area contributed by atoms with E-state index in [0.717, 1.165) is 62.4 Å². The molecule has 1 N–H and O–H groups in total. The SMILES string of the molecule is Cc1nc(C(O)c2cccc(N3CCN(C)CC3)c2)nc2c1CCC2. The van der Waals surface area contributed by atoms with E-state index in [1.807, 2.05) is 19.1 Å². The van der Waals surface area contributed by atoms with Gasteiger partial charge in [0.05, 0.1) is 0 Å². The summed E-state index contributed by atoms with van der Waals surface area (Å²) in [4.78, 5) is 14.0. The summed E-state index contributed by atoms with van der Waals surface area (Å²) in [7, 11) is 2.16. The number of hydrogen-bond acceptors (Lipinski definition) is 5. The van der Waals surface area contributed by atoms with E-state index in [2.05, 4.69) is 38.9 Å². The van der Waals surface area contributed by atoms with Gasteiger partial charge in [0, 0.05) is 43.3 Å². The summed E-state index contributed by atoms with van der Waals surface area (Å²) in [5, 5.41) is 10.9. The zero-order valence-electron chi connectivity index (χ0n) is 15.1. The van der Waals surface area contributed by atoms with E-state index in [0.29, 0.717) is 5.82 Å². The van der Waals surface area contributed by atoms with Gasteiger partial charge in [-0.15, -0.1) is 0 Å². The Morgan fingerprint density at radius 1 is 1.08 bits per heavy atom. The molecule has 0 saturated carbocycles. The fraction of sp³-hybridized carbons (Fsp3) is 0.500. The van der Waals surface area contributed by atoms with Gasteiger partial charge in [0.15, 0.2) is 5.82 Å². The van der Waals surface area contributed by atoms with Crippen LogP contribution in [0.5, 0.6) is 0 Å². The van der Waals surface area contributed by atoms with Crippen molar-refractivity contribution in [2.24, 2.45) is 0 Å². The normalized spacial score (nSPS) is 19.1. The van der Waals surface area contributed by atoms with Crippen molar-refractivity contribution in [2.75, 3.05) is 38.1 Å². The van der Waals surface area contributed by atoms with E-state index in [-0.39, 0.29) is 0 Å². The van der Waals surface area contributed by atoms with Gasteiger partial charge in [0.1, 0.15) is 6.10 Å². The molecule has 0 bridgehead atoms. The van der Waals surface area contributed by atoms with Crippen LogP contribution in [0.4, 0.5) is 5.69 Å². The summed E-state index contributed by atoms with van der Waals surface area (Å²) in [6.07, 6.45) is 2.44. The smallest absolute Gasteiger partial charge is 0.162 e. The number of aromatic nitrogens is 2. The Morgan fingerprint density at radius 3 is 2.68 bits per heavy atom. The van der Waals surface area contributed by atoms with Crippen molar-refractivity contribution in [3.63, 3.8) is 0 Å². The summed E-state index contributed by atoms with van der Waals surface area (Å²) >= 11 is 0. The number of hydrogen-bond donors (Lipinski definition) is 1. The third kappa shape index (κ3) is 3.26. The predicted molar refractivity (Wildman–Crippen MR) is 99.0 cm³/mol. The van der Waals surface area contributed by atoms with Gasteiger partial charge in [-0.25, -0.2) is 9.97 Å². The van der Waals surface area contributed by atoms with Gasteiger partial charge < -0.3 is 14.9 Å². The van der Waals surface area contributed by atoms with Crippen LogP contribution in [0.15, 0.2) is 24.3 Å². The second-order valence-electron chi connectivity index (χ2n) is 7.23. The fourth-order valence-corrected chi connectivity index (χ4v) is 3.87. The van der Waals surface area contributed by atoms with Gasteiger partial charge in [-0.05, 0) is 56.5 Å². The Kier molecular flexibility index (Phi) is 4.44. The Labute approximate surface area is 149 Å². The molecule has 2 heterocycles. The molecule has 2 aromatic rings. The summed E-state index contributed by atoms with van der Waals surface area (Å²) in [5.74, 6) is 0.536. The summed E-state index contributed by atoms with van der Waals surface area (Å²) in [6, 6.07) is 8.20. The molecule has 1 fully saturated rings. The minimum Gasteiger partial charge on any atom is -0.380 e. The molecular formula is C20H26N4O. The first-order chi connectivity index (χ1) is 12.1. The van der Waals surface area contributed by atoms with Gasteiger partial charge in [-0.1, -0.05) is 12.1 Å². The highest BCUT2D eigenvalue weighted by atomic mass is 16.3. The average Bonchev–Trinajstić information content (AvgIpc) is 3.11. The maximum Gasteiger partial charge on any atom is 0.162 e. The van der Waals surface area contributed by atoms with Crippen LogP contribution in [0, 0.1) is 6.92 Å². The van der Waals surface area contributed by atoms with Crippen LogP contribution < -0.4 is 4.90 Å². The topological polar surface area (TPSA) is 52.5 Å². The van der Waals surface area contributed by atoms with Crippen LogP contribution in [0.3, 0.4) is 0 Å². The highest BCUT2D eigenvalue weighted by molar-refractivity contribution is 5.50. The van der Waals surface area contributed by atoms with Crippen molar-refractivity contribution in [1.29, 1.82) is 0 Å². The average molecular weight is 338 g/mol. The van der Waals surface area contributed by atoms with Gasteiger partial charge in [-0.2, -0.15) is 0 Å². The molecule has 2 aliphatic rings. The molecule has 1 aliphatic carbocycles. The highest BCUT2D eigenvalue weighted by Crippen LogP contribution is 2.28. The molecule has 1 atom stereocenters. The standard InChI is InChI=1S/C20H26N4O/c1-14-17-7-4-8-18(17)22-20(21-14)19(25)15-5-3-6-16(13-15)24-11-9-23(2)10-12-24/h3,5-6,13,19,25H,4,7-12H2,1-2H3. The van der Waals surface area contributed by atoms with Crippen molar-refractivity contribution >= 4 is 5.69 Å². The maximum absolute atomic E-state index is 10.9. The van der Waals surface area contributed by atoms with Gasteiger partial charge in [-0.3, -0.25) is 0 Å². The second-order valence-corrected chi connectivity index (χ2v) is 7.23. The molecule has 0 spiro atoms. The predicted octanol–water partition coefficient (Wildman–Crippen LogP) is 2.11. The summed E-state index contributed by atoms with van der Waals surface area (Å²) in [6.45, 7) is 6.21. The Morgan fingerprint density at radius 2 is 1.88 bits per heavy atom. The number of aliphatic hydroxyl groups is 1. The van der Waals surface area contributed by atoms with E-state index in [1.54, 1.807) is 0 Å². The number of likely N-dealkylation sites (N-methyl/N-ethyl adjacent to an activating group) is 1. The Bertz CT molecular complexity index is 768. The quantitative estimate of drug-likeness (QED) is 0.929. The van der Waals surface area contributed by atoms with E-state index >= 15 is 0 Å². The number of aryl methyl sites for hydroxylation is 2. The minimum atomic E-state index is -0.767. The number of rotatable bonds is 3. The first-order valence-electron chi connectivity index (χ1n) is 9.19. The first kappa shape index (κ1) is 16.5. The second kappa shape index (κ2) is 6.73. The Balaban J connectivity index is 1.59. The van der Waals surface area contributed by atoms with Crippen LogP contribution in [0.2, 0.25) is 0 Å². The molecule has 1 saturated heterocycles. The monoisotopic (exact) mass is 338 g/mol. The van der Waals surface area contributed by atoms with Gasteiger partial charge >= 0.3 is 0 Å². The number of anilines is 1. The lowest BCUT2D eigenvalue weighted by molar-refractivity contribution is 0.209. The molecular weight excluding hydrogens is 312 g/mol. The van der Waals surface area contributed by atoms with Crippen molar-refractivity contribution in [3.8, 4) is 0 Å². The van der Waals surface area contributed by atoms with Crippen molar-refractivity contribution in [2.45, 2.75) is 32.3 Å². The van der Waals surface area contributed by atoms with Gasteiger partial charge in [0.25, 0.3) is 0 Å². The lowest BCUT2D eigenvalue weighted by atomic mass is 10.1. The first-order valence-corrected chi connectivity index (χ1v) is 9.19. The van der Waals surface area contributed by atoms with E-state index in [4.69, 9.17) is 0 Å². The molecule has 0 radical (unpaired) electrons. The van der Waals surface area contributed by atoms with Crippen LogP contribution in [-0.2, 0) is 12.8 Å². The number of fused-ring (bicyclic) bond motifs is 1. The largest absolute Gasteiger partial charge is 0.380 e. The summed E-state index contributed by atoms with van der Waals surface area (Å²) in [5.41, 5.74) is 5.46. The number of nitrogens with zero attached hydrogens (tertiary/aromatic N) is 4. The molecule has 25 heavy (non-hydrogen) atoms. The molecule has 5 nitrogen and oxygen atoms in total. The molecule has 1 aliphatic heterocycles. The van der Waals surface area contributed by atoms with Crippen LogP contribution in [0.1, 0.15) is 40.9 Å². The molecule has 0 amide bonds. The van der Waals surface area contributed by atoms with Crippen LogP contribution in [0.25, 0.3) is 0 Å². The third-order valence-corrected chi connectivity index (χ3v) is 5.46. The summed E-state index contributed by atoms with van der Waals surface area (Å²) < 4.78 is 0. The van der Waals surface area contributed by atoms with E-state index in [1.165, 1.54) is 11.3 Å². The van der Waals surface area contributed by atoms with Crippen LogP contribution in [-0.4, -0.2) is 53.2 Å². The molecule has 5 heteroatoms. The van der Waals surface area contributed by atoms with E-state index in [9.17, 15) is 5.11 Å². The fourth-order valence-electron chi connectivity index (χ4n) is 3.87. The number of piperazine rings is 1. The van der Waals surface area contributed by atoms with Crippen molar-refractivity contribution < 1.29 is 5.11 Å². The number of benzene rings is 1. The molecule has 1 unspecified atom stereocenters. The number of aliphatic hydroxyl groups excluding tert-OH is 1. The highest BCUT2D eigenvalue weighted by Gasteiger charge is 2.22. The van der Waals surface area contributed by atoms with Crippen LogP contribution >= 0.6 is 0 Å². The Hall–Kier alpha value is -1.98. The third-order valence-electron chi connectivity index (χ3n) is 5.46. The van der Waals surface area contributed by atoms with E-state index < -0.39 is 6.10 Å².